The van der Waals surface area contributed by atoms with Gasteiger partial charge in [-0.3, -0.25) is 0 Å². The maximum absolute atomic E-state index is 12.6. The predicted molar refractivity (Wildman–Crippen MR) is 118 cm³/mol. The highest BCUT2D eigenvalue weighted by atomic mass is 32.2. The van der Waals surface area contributed by atoms with Crippen molar-refractivity contribution in [3.05, 3.63) is 60.7 Å². The van der Waals surface area contributed by atoms with Gasteiger partial charge in [0.05, 0.1) is 7.11 Å². The molecule has 0 saturated heterocycles. The molecule has 0 fully saturated rings. The second-order valence-electron chi connectivity index (χ2n) is 7.57. The molecule has 0 saturated carbocycles. The molecule has 1 atom stereocenters. The molecule has 0 aliphatic heterocycles. The Balaban J connectivity index is 2.65. The first-order valence-corrected chi connectivity index (χ1v) is 12.5. The van der Waals surface area contributed by atoms with Crippen molar-refractivity contribution in [1.82, 2.24) is 0 Å². The van der Waals surface area contributed by atoms with Gasteiger partial charge in [0, 0.05) is 0 Å². The Labute approximate surface area is 168 Å². The van der Waals surface area contributed by atoms with Crippen LogP contribution in [0.5, 0.6) is 0 Å². The van der Waals surface area contributed by atoms with Gasteiger partial charge in [0.15, 0.2) is 0 Å². The second-order valence-corrected chi connectivity index (χ2v) is 12.8. The minimum absolute atomic E-state index is 0.165. The third-order valence-electron chi connectivity index (χ3n) is 4.78. The van der Waals surface area contributed by atoms with Crippen molar-refractivity contribution in [2.45, 2.75) is 38.3 Å². The summed E-state index contributed by atoms with van der Waals surface area (Å²) >= 11 is 1.71. The number of hydrogen-bond acceptors (Lipinski definition) is 4. The zero-order valence-corrected chi connectivity index (χ0v) is 18.7. The largest absolute Gasteiger partial charge is 0.467 e. The maximum Gasteiger partial charge on any atom is 0.333 e. The van der Waals surface area contributed by atoms with E-state index in [0.29, 0.717) is 6.42 Å². The van der Waals surface area contributed by atoms with E-state index in [9.17, 15) is 4.79 Å². The summed E-state index contributed by atoms with van der Waals surface area (Å²) in [5.74, 6) is 0.551. The number of benzene rings is 2. The highest BCUT2D eigenvalue weighted by Gasteiger charge is 2.52. The lowest BCUT2D eigenvalue weighted by atomic mass is 10.2. The normalized spacial score (nSPS) is 13.2. The van der Waals surface area contributed by atoms with Gasteiger partial charge in [0.2, 0.25) is 0 Å². The van der Waals surface area contributed by atoms with E-state index in [1.807, 2.05) is 42.7 Å². The molecule has 0 spiro atoms. The fourth-order valence-electron chi connectivity index (χ4n) is 3.49. The Morgan fingerprint density at radius 1 is 1.00 bits per heavy atom. The molecule has 0 amide bonds. The van der Waals surface area contributed by atoms with Crippen LogP contribution in [-0.2, 0) is 14.0 Å². The Bertz CT molecular complexity index is 674. The van der Waals surface area contributed by atoms with E-state index in [4.69, 9.17) is 9.16 Å². The summed E-state index contributed by atoms with van der Waals surface area (Å²) in [6.07, 6.45) is 2.10. The lowest BCUT2D eigenvalue weighted by molar-refractivity contribution is -0.149. The summed E-state index contributed by atoms with van der Waals surface area (Å²) in [6.45, 7) is 6.63. The molecule has 0 aliphatic rings. The van der Waals surface area contributed by atoms with Crippen molar-refractivity contribution in [2.75, 3.05) is 19.1 Å². The third kappa shape index (κ3) is 4.84. The Morgan fingerprint density at radius 2 is 1.48 bits per heavy atom. The van der Waals surface area contributed by atoms with Crippen LogP contribution in [0.4, 0.5) is 0 Å². The van der Waals surface area contributed by atoms with Gasteiger partial charge in [-0.05, 0) is 33.8 Å². The highest BCUT2D eigenvalue weighted by Crippen LogP contribution is 2.38. The summed E-state index contributed by atoms with van der Waals surface area (Å²) in [7, 11) is -1.32. The molecule has 27 heavy (non-hydrogen) atoms. The molecule has 146 valence electrons. The van der Waals surface area contributed by atoms with Crippen LogP contribution in [0.15, 0.2) is 60.7 Å². The molecule has 2 aromatic carbocycles. The summed E-state index contributed by atoms with van der Waals surface area (Å²) < 4.78 is 12.0. The molecule has 0 aromatic heterocycles. The highest BCUT2D eigenvalue weighted by molar-refractivity contribution is 7.98. The van der Waals surface area contributed by atoms with Gasteiger partial charge in [-0.2, -0.15) is 11.8 Å². The van der Waals surface area contributed by atoms with Crippen LogP contribution in [0, 0.1) is 0 Å². The standard InChI is InChI=1S/C22H30O3SSi/c1-22(2,3)27(18-12-8-6-9-13-18,19-14-10-7-11-15-19)25-20(16-17-26-5)21(23)24-4/h6-15,20H,16-17H2,1-5H3. The zero-order valence-electron chi connectivity index (χ0n) is 16.9. The number of esters is 1. The molecular weight excluding hydrogens is 372 g/mol. The lowest BCUT2D eigenvalue weighted by Gasteiger charge is -2.44. The molecular formula is C22H30O3SSi. The minimum atomic E-state index is -2.75. The van der Waals surface area contributed by atoms with Crippen LogP contribution < -0.4 is 10.4 Å². The van der Waals surface area contributed by atoms with Gasteiger partial charge in [-0.25, -0.2) is 4.79 Å². The van der Waals surface area contributed by atoms with Crippen molar-refractivity contribution in [3.8, 4) is 0 Å². The van der Waals surface area contributed by atoms with Gasteiger partial charge >= 0.3 is 5.97 Å². The molecule has 0 bridgehead atoms. The Hall–Kier alpha value is -1.56. The number of carbonyl (C=O) groups excluding carboxylic acids is 1. The smallest absolute Gasteiger partial charge is 0.333 e. The Morgan fingerprint density at radius 3 is 1.85 bits per heavy atom. The minimum Gasteiger partial charge on any atom is -0.467 e. The summed E-state index contributed by atoms with van der Waals surface area (Å²) in [5, 5.41) is 2.17. The molecule has 2 rings (SSSR count). The summed E-state index contributed by atoms with van der Waals surface area (Å²) in [6, 6.07) is 20.7. The van der Waals surface area contributed by atoms with Crippen LogP contribution in [0.2, 0.25) is 5.04 Å². The van der Waals surface area contributed by atoms with E-state index >= 15 is 0 Å². The van der Waals surface area contributed by atoms with Crippen molar-refractivity contribution in [3.63, 3.8) is 0 Å². The van der Waals surface area contributed by atoms with Crippen molar-refractivity contribution in [1.29, 1.82) is 0 Å². The van der Waals surface area contributed by atoms with E-state index in [-0.39, 0.29) is 11.0 Å². The first-order chi connectivity index (χ1) is 12.9. The monoisotopic (exact) mass is 402 g/mol. The number of thioether (sulfide) groups is 1. The number of ether oxygens (including phenoxy) is 1. The molecule has 1 unspecified atom stereocenters. The fourth-order valence-corrected chi connectivity index (χ4v) is 8.59. The number of methoxy groups -OCH3 is 1. The Kier molecular flexibility index (Phi) is 7.71. The molecule has 5 heteroatoms. The van der Waals surface area contributed by atoms with E-state index in [0.717, 1.165) is 5.75 Å². The average Bonchev–Trinajstić information content (AvgIpc) is 2.68. The number of hydrogen-bond donors (Lipinski definition) is 0. The molecule has 0 aliphatic carbocycles. The van der Waals surface area contributed by atoms with E-state index in [2.05, 4.69) is 45.0 Å². The van der Waals surface area contributed by atoms with Gasteiger partial charge < -0.3 is 9.16 Å². The van der Waals surface area contributed by atoms with Crippen LogP contribution in [0.3, 0.4) is 0 Å². The van der Waals surface area contributed by atoms with Crippen molar-refractivity contribution >= 4 is 36.4 Å². The zero-order chi connectivity index (χ0) is 19.9. The van der Waals surface area contributed by atoms with Crippen LogP contribution in [0.1, 0.15) is 27.2 Å². The van der Waals surface area contributed by atoms with Gasteiger partial charge in [0.25, 0.3) is 8.32 Å². The quantitative estimate of drug-likeness (QED) is 0.496. The third-order valence-corrected chi connectivity index (χ3v) is 10.5. The topological polar surface area (TPSA) is 35.5 Å². The second kappa shape index (κ2) is 9.58. The van der Waals surface area contributed by atoms with E-state index < -0.39 is 14.4 Å². The van der Waals surface area contributed by atoms with E-state index in [1.54, 1.807) is 11.8 Å². The lowest BCUT2D eigenvalue weighted by Crippen LogP contribution is -2.68. The molecule has 0 radical (unpaired) electrons. The van der Waals surface area contributed by atoms with E-state index in [1.165, 1.54) is 17.5 Å². The average molecular weight is 403 g/mol. The van der Waals surface area contributed by atoms with Crippen LogP contribution >= 0.6 is 11.8 Å². The number of rotatable bonds is 8. The molecule has 0 N–H and O–H groups in total. The predicted octanol–water partition coefficient (Wildman–Crippen LogP) is 3.86. The van der Waals surface area contributed by atoms with Gasteiger partial charge in [0.1, 0.15) is 6.10 Å². The van der Waals surface area contributed by atoms with Crippen molar-refractivity contribution in [2.24, 2.45) is 0 Å². The molecule has 2 aromatic rings. The van der Waals surface area contributed by atoms with Gasteiger partial charge in [-0.1, -0.05) is 81.4 Å². The summed E-state index contributed by atoms with van der Waals surface area (Å²) in [4.78, 5) is 12.6. The molecule has 0 heterocycles. The maximum atomic E-state index is 12.6. The first kappa shape index (κ1) is 21.7. The first-order valence-electron chi connectivity index (χ1n) is 9.22. The number of carbonyl (C=O) groups is 1. The fraction of sp³-hybridized carbons (Fsp3) is 0.409. The van der Waals surface area contributed by atoms with Crippen LogP contribution in [0.25, 0.3) is 0 Å². The van der Waals surface area contributed by atoms with Gasteiger partial charge in [-0.15, -0.1) is 0 Å². The van der Waals surface area contributed by atoms with Crippen LogP contribution in [-0.4, -0.2) is 39.5 Å². The van der Waals surface area contributed by atoms with Crippen molar-refractivity contribution < 1.29 is 14.0 Å². The summed E-state index contributed by atoms with van der Waals surface area (Å²) in [5.41, 5.74) is 0. The molecule has 3 nitrogen and oxygen atoms in total. The SMILES string of the molecule is COC(=O)C(CCSC)O[Si](c1ccccc1)(c1ccccc1)C(C)(C)C.